The van der Waals surface area contributed by atoms with Gasteiger partial charge in [0.2, 0.25) is 11.8 Å². The predicted molar refractivity (Wildman–Crippen MR) is 89.9 cm³/mol. The van der Waals surface area contributed by atoms with Crippen molar-refractivity contribution < 1.29 is 18.0 Å². The highest BCUT2D eigenvalue weighted by atomic mass is 19.3. The summed E-state index contributed by atoms with van der Waals surface area (Å²) in [5, 5.41) is 2.92. The van der Waals surface area contributed by atoms with Gasteiger partial charge in [0, 0.05) is 30.4 Å². The van der Waals surface area contributed by atoms with Gasteiger partial charge in [0.25, 0.3) is 0 Å². The van der Waals surface area contributed by atoms with Gasteiger partial charge in [-0.3, -0.25) is 4.79 Å². The molecule has 4 nitrogen and oxygen atoms in total. The number of benzene rings is 1. The van der Waals surface area contributed by atoms with E-state index in [1.807, 2.05) is 31.2 Å². The number of carbonyl (C=O) groups is 1. The van der Waals surface area contributed by atoms with E-state index >= 15 is 0 Å². The minimum absolute atomic E-state index is 0.121. The standard InChI is InChI=1S/C19H22F2N2O2/c1-2-18(7-9-19(20,21)10-8-18)17(24)23-11-14-3-5-15(6-4-14)16-12-22-13-25-16/h3-6,12-13H,2,7-11H2,1H3,(H,23,24). The predicted octanol–water partition coefficient (Wildman–Crippen LogP) is 4.56. The summed E-state index contributed by atoms with van der Waals surface area (Å²) < 4.78 is 32.1. The SMILES string of the molecule is CCC1(C(=O)NCc2ccc(-c3cnco3)cc2)CCC(F)(F)CC1. The number of oxazole rings is 1. The van der Waals surface area contributed by atoms with Gasteiger partial charge in [-0.05, 0) is 24.8 Å². The Bertz CT molecular complexity index is 702. The van der Waals surface area contributed by atoms with Crippen molar-refractivity contribution in [3.8, 4) is 11.3 Å². The molecular formula is C19H22F2N2O2. The fourth-order valence-electron chi connectivity index (χ4n) is 3.35. The van der Waals surface area contributed by atoms with Crippen LogP contribution in [0.4, 0.5) is 8.78 Å². The maximum Gasteiger partial charge on any atom is 0.248 e. The van der Waals surface area contributed by atoms with E-state index in [0.29, 0.717) is 18.7 Å². The molecule has 1 amide bonds. The van der Waals surface area contributed by atoms with Crippen molar-refractivity contribution in [3.05, 3.63) is 42.4 Å². The van der Waals surface area contributed by atoms with E-state index in [1.165, 1.54) is 6.39 Å². The van der Waals surface area contributed by atoms with Crippen LogP contribution >= 0.6 is 0 Å². The number of halogens is 2. The molecule has 0 unspecified atom stereocenters. The molecule has 0 radical (unpaired) electrons. The second-order valence-corrected chi connectivity index (χ2v) is 6.74. The Morgan fingerprint density at radius 1 is 1.20 bits per heavy atom. The first kappa shape index (κ1) is 17.6. The van der Waals surface area contributed by atoms with E-state index in [1.54, 1.807) is 6.20 Å². The van der Waals surface area contributed by atoms with Crippen molar-refractivity contribution in [2.45, 2.75) is 51.5 Å². The van der Waals surface area contributed by atoms with Gasteiger partial charge in [-0.1, -0.05) is 31.2 Å². The third kappa shape index (κ3) is 3.89. The van der Waals surface area contributed by atoms with Crippen molar-refractivity contribution in [3.63, 3.8) is 0 Å². The van der Waals surface area contributed by atoms with Crippen molar-refractivity contribution in [1.29, 1.82) is 0 Å². The van der Waals surface area contributed by atoms with Crippen LogP contribution in [0.15, 0.2) is 41.3 Å². The van der Waals surface area contributed by atoms with E-state index in [4.69, 9.17) is 4.42 Å². The van der Waals surface area contributed by atoms with Crippen molar-refractivity contribution in [1.82, 2.24) is 10.3 Å². The highest BCUT2D eigenvalue weighted by Crippen LogP contribution is 2.45. The van der Waals surface area contributed by atoms with Gasteiger partial charge in [0.15, 0.2) is 12.2 Å². The number of alkyl halides is 2. The summed E-state index contributed by atoms with van der Waals surface area (Å²) in [4.78, 5) is 16.5. The van der Waals surface area contributed by atoms with Crippen molar-refractivity contribution in [2.24, 2.45) is 5.41 Å². The Morgan fingerprint density at radius 2 is 1.88 bits per heavy atom. The zero-order valence-corrected chi connectivity index (χ0v) is 14.2. The first-order chi connectivity index (χ1) is 11.9. The van der Waals surface area contributed by atoms with Crippen LogP contribution in [0.3, 0.4) is 0 Å². The smallest absolute Gasteiger partial charge is 0.248 e. The molecular weight excluding hydrogens is 326 g/mol. The van der Waals surface area contributed by atoms with Crippen LogP contribution in [0.1, 0.15) is 44.6 Å². The van der Waals surface area contributed by atoms with Gasteiger partial charge in [-0.2, -0.15) is 0 Å². The van der Waals surface area contributed by atoms with Gasteiger partial charge in [0.05, 0.1) is 6.20 Å². The zero-order chi connectivity index (χ0) is 17.9. The van der Waals surface area contributed by atoms with E-state index in [2.05, 4.69) is 10.3 Å². The number of nitrogens with one attached hydrogen (secondary N) is 1. The fourth-order valence-corrected chi connectivity index (χ4v) is 3.35. The number of nitrogens with zero attached hydrogens (tertiary/aromatic N) is 1. The number of hydrogen-bond acceptors (Lipinski definition) is 3. The molecule has 2 aromatic rings. The fraction of sp³-hybridized carbons (Fsp3) is 0.474. The molecule has 0 bridgehead atoms. The van der Waals surface area contributed by atoms with E-state index in [9.17, 15) is 13.6 Å². The quantitative estimate of drug-likeness (QED) is 0.861. The molecule has 1 fully saturated rings. The van der Waals surface area contributed by atoms with Crippen LogP contribution in [0, 0.1) is 5.41 Å². The summed E-state index contributed by atoms with van der Waals surface area (Å²) in [5.41, 5.74) is 1.19. The Morgan fingerprint density at radius 3 is 2.44 bits per heavy atom. The first-order valence-corrected chi connectivity index (χ1v) is 8.58. The molecule has 1 N–H and O–H groups in total. The van der Waals surface area contributed by atoms with Crippen molar-refractivity contribution in [2.75, 3.05) is 0 Å². The molecule has 6 heteroatoms. The van der Waals surface area contributed by atoms with Crippen LogP contribution < -0.4 is 5.32 Å². The van der Waals surface area contributed by atoms with Gasteiger partial charge in [-0.25, -0.2) is 13.8 Å². The lowest BCUT2D eigenvalue weighted by Crippen LogP contribution is -2.44. The summed E-state index contributed by atoms with van der Waals surface area (Å²) in [5.74, 6) is -2.07. The Balaban J connectivity index is 1.60. The molecule has 1 aliphatic carbocycles. The molecule has 1 aromatic heterocycles. The average molecular weight is 348 g/mol. The molecule has 1 aliphatic rings. The maximum absolute atomic E-state index is 13.4. The lowest BCUT2D eigenvalue weighted by atomic mass is 9.70. The average Bonchev–Trinajstić information content (AvgIpc) is 3.15. The number of amides is 1. The van der Waals surface area contributed by atoms with Crippen molar-refractivity contribution >= 4 is 5.91 Å². The number of rotatable bonds is 5. The summed E-state index contributed by atoms with van der Waals surface area (Å²) >= 11 is 0. The molecule has 0 aliphatic heterocycles. The lowest BCUT2D eigenvalue weighted by Gasteiger charge is -2.38. The monoisotopic (exact) mass is 348 g/mol. The Hall–Kier alpha value is -2.24. The largest absolute Gasteiger partial charge is 0.444 e. The van der Waals surface area contributed by atoms with Gasteiger partial charge in [0.1, 0.15) is 0 Å². The maximum atomic E-state index is 13.4. The third-order valence-electron chi connectivity index (χ3n) is 5.22. The minimum Gasteiger partial charge on any atom is -0.444 e. The molecule has 0 saturated heterocycles. The van der Waals surface area contributed by atoms with Crippen LogP contribution in [-0.2, 0) is 11.3 Å². The normalized spacial score (nSPS) is 18.7. The molecule has 134 valence electrons. The highest BCUT2D eigenvalue weighted by Gasteiger charge is 2.46. The minimum atomic E-state index is -2.63. The molecule has 0 spiro atoms. The zero-order valence-electron chi connectivity index (χ0n) is 14.2. The molecule has 0 atom stereocenters. The van der Waals surface area contributed by atoms with Crippen LogP contribution in [-0.4, -0.2) is 16.8 Å². The summed E-state index contributed by atoms with van der Waals surface area (Å²) in [6, 6.07) is 7.62. The molecule has 1 saturated carbocycles. The summed E-state index contributed by atoms with van der Waals surface area (Å²) in [6.07, 6.45) is 3.67. The molecule has 3 rings (SSSR count). The number of hydrogen-bond donors (Lipinski definition) is 1. The second-order valence-electron chi connectivity index (χ2n) is 6.74. The molecule has 25 heavy (non-hydrogen) atoms. The molecule has 1 heterocycles. The topological polar surface area (TPSA) is 55.1 Å². The summed E-state index contributed by atoms with van der Waals surface area (Å²) in [6.45, 7) is 2.28. The lowest BCUT2D eigenvalue weighted by molar-refractivity contribution is -0.139. The van der Waals surface area contributed by atoms with Crippen LogP contribution in [0.25, 0.3) is 11.3 Å². The van der Waals surface area contributed by atoms with Gasteiger partial charge < -0.3 is 9.73 Å². The Kier molecular flexibility index (Phi) is 4.88. The third-order valence-corrected chi connectivity index (χ3v) is 5.22. The second kappa shape index (κ2) is 6.94. The van der Waals surface area contributed by atoms with E-state index < -0.39 is 11.3 Å². The van der Waals surface area contributed by atoms with Gasteiger partial charge >= 0.3 is 0 Å². The highest BCUT2D eigenvalue weighted by molar-refractivity contribution is 5.82. The number of aromatic nitrogens is 1. The molecule has 1 aromatic carbocycles. The first-order valence-electron chi connectivity index (χ1n) is 8.58. The van der Waals surface area contributed by atoms with Crippen LogP contribution in [0.5, 0.6) is 0 Å². The Labute approximate surface area is 145 Å². The van der Waals surface area contributed by atoms with Gasteiger partial charge in [-0.15, -0.1) is 0 Å². The van der Waals surface area contributed by atoms with E-state index in [-0.39, 0.29) is 31.6 Å². The number of carbonyl (C=O) groups excluding carboxylic acids is 1. The van der Waals surface area contributed by atoms with E-state index in [0.717, 1.165) is 11.1 Å². The summed E-state index contributed by atoms with van der Waals surface area (Å²) in [7, 11) is 0. The van der Waals surface area contributed by atoms with Crippen LogP contribution in [0.2, 0.25) is 0 Å².